The van der Waals surface area contributed by atoms with E-state index in [1.165, 1.54) is 24.3 Å². The van der Waals surface area contributed by atoms with E-state index < -0.39 is 75.8 Å². The standard InChI is InChI=1S/C26H19Cl2NO8/c27-13-5-4-9(7-14(13)28)6-11-10-2-1-3-15(30)17(10)22(33)20-18(11)21(32)12-8-16(31)19(25(29)36)23(34)26(12,37)24(20)35/h1-7,12,18,21,30,32-34,37H,8H2,(H2,29,36)/b11-6+/t12-,18-,21-,26-/m1/s1. The molecule has 2 aromatic rings. The first kappa shape index (κ1) is 25.0. The normalized spacial score (nSPS) is 28.2. The van der Waals surface area contributed by atoms with Crippen molar-refractivity contribution in [2.24, 2.45) is 17.6 Å². The molecule has 3 aliphatic carbocycles. The third kappa shape index (κ3) is 3.42. The zero-order valence-corrected chi connectivity index (χ0v) is 20.3. The van der Waals surface area contributed by atoms with Crippen molar-refractivity contribution in [2.75, 3.05) is 0 Å². The quantitative estimate of drug-likeness (QED) is 0.313. The minimum atomic E-state index is -2.92. The number of hydrogen-bond donors (Lipinski definition) is 6. The summed E-state index contributed by atoms with van der Waals surface area (Å²) in [6.07, 6.45) is -0.818. The van der Waals surface area contributed by atoms with Gasteiger partial charge in [-0.2, -0.15) is 0 Å². The van der Waals surface area contributed by atoms with E-state index in [0.717, 1.165) is 0 Å². The van der Waals surface area contributed by atoms with Gasteiger partial charge in [0, 0.05) is 18.3 Å². The van der Waals surface area contributed by atoms with Crippen LogP contribution < -0.4 is 5.73 Å². The van der Waals surface area contributed by atoms with Crippen molar-refractivity contribution in [2.45, 2.75) is 18.1 Å². The predicted octanol–water partition coefficient (Wildman–Crippen LogP) is 2.70. The number of primary amides is 1. The SMILES string of the molecule is NC(=O)C1=C(O)[C@@]2(O)C(=O)C3=C(O)c4c(O)cccc4/C(=C\c4ccc(Cl)c(Cl)c4)[C@H]3[C@H](O)[C@H]2CC1=O. The highest BCUT2D eigenvalue weighted by atomic mass is 35.5. The molecular weight excluding hydrogens is 525 g/mol. The van der Waals surface area contributed by atoms with Crippen LogP contribution >= 0.6 is 23.2 Å². The molecule has 1 fully saturated rings. The lowest BCUT2D eigenvalue weighted by Crippen LogP contribution is -2.63. The third-order valence-electron chi connectivity index (χ3n) is 7.17. The highest BCUT2D eigenvalue weighted by molar-refractivity contribution is 6.42. The second-order valence-corrected chi connectivity index (χ2v) is 9.94. The fourth-order valence-electron chi connectivity index (χ4n) is 5.47. The zero-order chi connectivity index (χ0) is 27.0. The van der Waals surface area contributed by atoms with Crippen LogP contribution in [0.5, 0.6) is 5.75 Å². The monoisotopic (exact) mass is 543 g/mol. The average Bonchev–Trinajstić information content (AvgIpc) is 2.83. The molecule has 9 nitrogen and oxygen atoms in total. The topological polar surface area (TPSA) is 178 Å². The lowest BCUT2D eigenvalue weighted by atomic mass is 9.56. The maximum absolute atomic E-state index is 13.8. The number of halogens is 2. The van der Waals surface area contributed by atoms with Gasteiger partial charge >= 0.3 is 0 Å². The van der Waals surface area contributed by atoms with E-state index in [4.69, 9.17) is 28.9 Å². The van der Waals surface area contributed by atoms with Gasteiger partial charge in [-0.15, -0.1) is 0 Å². The Morgan fingerprint density at radius 3 is 2.43 bits per heavy atom. The summed E-state index contributed by atoms with van der Waals surface area (Å²) in [4.78, 5) is 38.2. The molecule has 0 unspecified atom stereocenters. The Balaban J connectivity index is 1.82. The number of phenolic OH excluding ortho intramolecular Hbond substituents is 1. The van der Waals surface area contributed by atoms with Crippen LogP contribution in [0, 0.1) is 11.8 Å². The molecule has 0 radical (unpaired) electrons. The summed E-state index contributed by atoms with van der Waals surface area (Å²) in [7, 11) is 0. The van der Waals surface area contributed by atoms with E-state index >= 15 is 0 Å². The van der Waals surface area contributed by atoms with E-state index in [1.54, 1.807) is 18.2 Å². The first-order valence-electron chi connectivity index (χ1n) is 11.0. The van der Waals surface area contributed by atoms with Gasteiger partial charge in [-0.25, -0.2) is 0 Å². The van der Waals surface area contributed by atoms with Crippen molar-refractivity contribution in [1.82, 2.24) is 0 Å². The van der Waals surface area contributed by atoms with Gasteiger partial charge in [0.1, 0.15) is 22.8 Å². The molecule has 3 aliphatic rings. The Morgan fingerprint density at radius 2 is 1.78 bits per heavy atom. The summed E-state index contributed by atoms with van der Waals surface area (Å²) >= 11 is 12.2. The smallest absolute Gasteiger partial charge is 0.255 e. The number of nitrogens with two attached hydrogens (primary N) is 1. The number of ketones is 2. The molecule has 7 N–H and O–H groups in total. The van der Waals surface area contributed by atoms with E-state index in [-0.39, 0.29) is 26.7 Å². The summed E-state index contributed by atoms with van der Waals surface area (Å²) in [5.41, 5.74) is 1.69. The number of aromatic hydroxyl groups is 1. The minimum Gasteiger partial charge on any atom is -0.508 e. The van der Waals surface area contributed by atoms with Crippen LogP contribution in [0.15, 0.2) is 53.3 Å². The molecule has 0 aliphatic heterocycles. The van der Waals surface area contributed by atoms with Gasteiger partial charge in [0.2, 0.25) is 5.78 Å². The van der Waals surface area contributed by atoms with Gasteiger partial charge in [0.05, 0.1) is 27.3 Å². The van der Waals surface area contributed by atoms with Crippen LogP contribution in [0.4, 0.5) is 0 Å². The molecule has 37 heavy (non-hydrogen) atoms. The van der Waals surface area contributed by atoms with Gasteiger partial charge in [-0.3, -0.25) is 14.4 Å². The van der Waals surface area contributed by atoms with Gasteiger partial charge in [-0.05, 0) is 34.9 Å². The summed E-state index contributed by atoms with van der Waals surface area (Å²) in [6, 6.07) is 9.01. The number of fused-ring (bicyclic) bond motifs is 3. The van der Waals surface area contributed by atoms with Gasteiger partial charge < -0.3 is 31.3 Å². The molecule has 5 rings (SSSR count). The molecule has 1 amide bonds. The fourth-order valence-corrected chi connectivity index (χ4v) is 5.78. The minimum absolute atomic E-state index is 0.145. The van der Waals surface area contributed by atoms with Gasteiger partial charge in [-0.1, -0.05) is 47.5 Å². The van der Waals surface area contributed by atoms with Crippen molar-refractivity contribution in [3.05, 3.63) is 80.0 Å². The highest BCUT2D eigenvalue weighted by Crippen LogP contribution is 2.55. The summed E-state index contributed by atoms with van der Waals surface area (Å²) in [5.74, 6) is -8.84. The van der Waals surface area contributed by atoms with Crippen LogP contribution in [-0.4, -0.2) is 54.7 Å². The Kier molecular flexibility index (Phi) is 5.72. The third-order valence-corrected chi connectivity index (χ3v) is 7.91. The van der Waals surface area contributed by atoms with Crippen molar-refractivity contribution < 1.29 is 39.9 Å². The first-order valence-corrected chi connectivity index (χ1v) is 11.8. The number of rotatable bonds is 2. The van der Waals surface area contributed by atoms with Gasteiger partial charge in [0.15, 0.2) is 11.4 Å². The molecule has 0 spiro atoms. The Morgan fingerprint density at radius 1 is 1.08 bits per heavy atom. The van der Waals surface area contributed by atoms with Crippen LogP contribution in [0.3, 0.4) is 0 Å². The van der Waals surface area contributed by atoms with E-state index in [1.807, 2.05) is 0 Å². The number of phenols is 1. The number of benzene rings is 2. The van der Waals surface area contributed by atoms with Crippen molar-refractivity contribution in [3.8, 4) is 5.75 Å². The van der Waals surface area contributed by atoms with Crippen molar-refractivity contribution in [1.29, 1.82) is 0 Å². The molecule has 2 aromatic carbocycles. The molecule has 1 saturated carbocycles. The second kappa shape index (κ2) is 8.46. The Labute approximate surface area is 219 Å². The molecular formula is C26H19Cl2NO8. The van der Waals surface area contributed by atoms with E-state index in [2.05, 4.69) is 0 Å². The number of carbonyl (C=O) groups is 3. The van der Waals surface area contributed by atoms with Crippen LogP contribution in [-0.2, 0) is 14.4 Å². The van der Waals surface area contributed by atoms with Crippen LogP contribution in [0.1, 0.15) is 23.1 Å². The largest absolute Gasteiger partial charge is 0.508 e. The van der Waals surface area contributed by atoms with E-state index in [0.29, 0.717) is 5.56 Å². The van der Waals surface area contributed by atoms with Crippen LogP contribution in [0.2, 0.25) is 10.0 Å². The van der Waals surface area contributed by atoms with Gasteiger partial charge in [0.25, 0.3) is 5.91 Å². The first-order chi connectivity index (χ1) is 17.4. The number of hydrogen-bond acceptors (Lipinski definition) is 8. The van der Waals surface area contributed by atoms with E-state index in [9.17, 15) is 39.9 Å². The number of Topliss-reactive ketones (excluding diaryl/α,β-unsaturated/α-hetero) is 2. The predicted molar refractivity (Wildman–Crippen MR) is 133 cm³/mol. The zero-order valence-electron chi connectivity index (χ0n) is 18.8. The average molecular weight is 544 g/mol. The maximum Gasteiger partial charge on any atom is 0.255 e. The molecule has 0 saturated heterocycles. The summed E-state index contributed by atoms with van der Waals surface area (Å²) in [5, 5.41) is 55.9. The second-order valence-electron chi connectivity index (χ2n) is 9.12. The molecule has 190 valence electrons. The maximum atomic E-state index is 13.8. The molecule has 11 heteroatoms. The molecule has 0 aromatic heterocycles. The number of aliphatic hydroxyl groups is 4. The summed E-state index contributed by atoms with van der Waals surface area (Å²) in [6.45, 7) is 0. The lowest BCUT2D eigenvalue weighted by molar-refractivity contribution is -0.157. The van der Waals surface area contributed by atoms with Crippen LogP contribution in [0.25, 0.3) is 17.4 Å². The van der Waals surface area contributed by atoms with Crippen molar-refractivity contribution >= 4 is 58.1 Å². The molecule has 0 heterocycles. The number of aliphatic hydroxyl groups excluding tert-OH is 3. The Hall–Kier alpha value is -3.63. The Bertz CT molecular complexity index is 1520. The molecule has 0 bridgehead atoms. The van der Waals surface area contributed by atoms with Crippen molar-refractivity contribution in [3.63, 3.8) is 0 Å². The highest BCUT2D eigenvalue weighted by Gasteiger charge is 2.64. The molecule has 4 atom stereocenters. The fraction of sp³-hybridized carbons (Fsp3) is 0.192. The summed E-state index contributed by atoms with van der Waals surface area (Å²) < 4.78 is 0. The number of carbonyl (C=O) groups excluding carboxylic acids is 3. The number of amides is 1. The lowest BCUT2D eigenvalue weighted by Gasteiger charge is -2.49.